The largest absolute Gasteiger partial charge is 0.365 e. The van der Waals surface area contributed by atoms with Crippen molar-refractivity contribution in [3.63, 3.8) is 0 Å². The summed E-state index contributed by atoms with van der Waals surface area (Å²) in [4.78, 5) is 29.2. The van der Waals surface area contributed by atoms with Crippen LogP contribution in [0.25, 0.3) is 10.2 Å². The molecule has 0 fully saturated rings. The van der Waals surface area contributed by atoms with E-state index in [0.29, 0.717) is 26.2 Å². The first kappa shape index (κ1) is 14.9. The fraction of sp³-hybridized carbons (Fsp3) is 0.125. The topological polar surface area (TPSA) is 102 Å². The predicted molar refractivity (Wildman–Crippen MR) is 87.4 cm³/mol. The van der Waals surface area contributed by atoms with Gasteiger partial charge in [-0.2, -0.15) is 5.26 Å². The Labute approximate surface area is 135 Å². The summed E-state index contributed by atoms with van der Waals surface area (Å²) in [7, 11) is 0. The van der Waals surface area contributed by atoms with Gasteiger partial charge in [-0.15, -0.1) is 11.3 Å². The number of aromatic nitrogens is 2. The van der Waals surface area contributed by atoms with Crippen LogP contribution < -0.4 is 11.3 Å². The molecule has 0 aliphatic carbocycles. The molecule has 0 spiro atoms. The molecule has 0 aliphatic rings. The van der Waals surface area contributed by atoms with E-state index in [-0.39, 0.29) is 12.1 Å². The molecule has 23 heavy (non-hydrogen) atoms. The Balaban J connectivity index is 2.15. The molecule has 0 atom stereocenters. The molecule has 2 N–H and O–H groups in total. The quantitative estimate of drug-likeness (QED) is 0.793. The van der Waals surface area contributed by atoms with Crippen molar-refractivity contribution < 1.29 is 4.79 Å². The highest BCUT2D eigenvalue weighted by molar-refractivity contribution is 7.20. The molecule has 2 heterocycles. The van der Waals surface area contributed by atoms with E-state index in [1.165, 1.54) is 10.9 Å². The molecule has 1 amide bonds. The zero-order valence-electron chi connectivity index (χ0n) is 12.2. The van der Waals surface area contributed by atoms with E-state index >= 15 is 0 Å². The molecule has 2 aromatic heterocycles. The Hall–Kier alpha value is -2.98. The molecule has 0 saturated carbocycles. The Morgan fingerprint density at radius 3 is 2.87 bits per heavy atom. The number of nitriles is 1. The Morgan fingerprint density at radius 2 is 2.17 bits per heavy atom. The maximum absolute atomic E-state index is 12.7. The van der Waals surface area contributed by atoms with E-state index in [1.807, 2.05) is 6.07 Å². The van der Waals surface area contributed by atoms with Crippen LogP contribution in [0, 0.1) is 18.3 Å². The van der Waals surface area contributed by atoms with Gasteiger partial charge in [0.05, 0.1) is 34.8 Å². The molecule has 6 nitrogen and oxygen atoms in total. The van der Waals surface area contributed by atoms with Crippen molar-refractivity contribution >= 4 is 27.5 Å². The predicted octanol–water partition coefficient (Wildman–Crippen LogP) is 1.79. The normalized spacial score (nSPS) is 10.6. The van der Waals surface area contributed by atoms with Gasteiger partial charge in [-0.1, -0.05) is 18.2 Å². The first-order valence-electron chi connectivity index (χ1n) is 6.79. The number of primary amides is 1. The molecule has 0 radical (unpaired) electrons. The number of rotatable bonds is 3. The first-order chi connectivity index (χ1) is 11.0. The number of carbonyl (C=O) groups is 1. The standard InChI is InChI=1S/C16H12N4O2S/c1-9-12-15(23-13(9)14(18)21)19-8-20(16(12)22)7-11-5-3-2-4-10(11)6-17/h2-5,8H,7H2,1H3,(H2,18,21). The second-order valence-electron chi connectivity index (χ2n) is 5.05. The third-order valence-corrected chi connectivity index (χ3v) is 4.83. The van der Waals surface area contributed by atoms with Crippen molar-refractivity contribution in [2.24, 2.45) is 5.73 Å². The van der Waals surface area contributed by atoms with Gasteiger partial charge < -0.3 is 5.73 Å². The molecule has 3 rings (SSSR count). The summed E-state index contributed by atoms with van der Waals surface area (Å²) in [5, 5.41) is 9.55. The molecular weight excluding hydrogens is 312 g/mol. The number of aryl methyl sites for hydroxylation is 1. The average molecular weight is 324 g/mol. The van der Waals surface area contributed by atoms with E-state index in [0.717, 1.165) is 16.9 Å². The Kier molecular flexibility index (Phi) is 3.68. The van der Waals surface area contributed by atoms with Gasteiger partial charge in [0.1, 0.15) is 4.83 Å². The zero-order chi connectivity index (χ0) is 16.6. The van der Waals surface area contributed by atoms with E-state index in [2.05, 4.69) is 11.1 Å². The van der Waals surface area contributed by atoms with Gasteiger partial charge in [0, 0.05) is 0 Å². The SMILES string of the molecule is Cc1c(C(N)=O)sc2ncn(Cc3ccccc3C#N)c(=O)c12. The Morgan fingerprint density at radius 1 is 1.43 bits per heavy atom. The minimum Gasteiger partial charge on any atom is -0.365 e. The number of hydrogen-bond donors (Lipinski definition) is 1. The summed E-state index contributed by atoms with van der Waals surface area (Å²) in [6.07, 6.45) is 1.43. The third-order valence-electron chi connectivity index (χ3n) is 3.62. The van der Waals surface area contributed by atoms with Crippen molar-refractivity contribution in [3.05, 3.63) is 62.5 Å². The molecule has 0 aliphatic heterocycles. The highest BCUT2D eigenvalue weighted by Crippen LogP contribution is 2.26. The number of nitrogens with two attached hydrogens (primary N) is 1. The van der Waals surface area contributed by atoms with Crippen LogP contribution in [-0.2, 0) is 6.54 Å². The summed E-state index contributed by atoms with van der Waals surface area (Å²) in [5.74, 6) is -0.564. The van der Waals surface area contributed by atoms with Gasteiger partial charge in [-0.3, -0.25) is 14.2 Å². The number of fused-ring (bicyclic) bond motifs is 1. The van der Waals surface area contributed by atoms with E-state index in [4.69, 9.17) is 11.0 Å². The summed E-state index contributed by atoms with van der Waals surface area (Å²) in [5.41, 5.74) is 6.88. The van der Waals surface area contributed by atoms with E-state index < -0.39 is 5.91 Å². The lowest BCUT2D eigenvalue weighted by molar-refractivity contribution is 0.100. The van der Waals surface area contributed by atoms with E-state index in [1.54, 1.807) is 25.1 Å². The maximum atomic E-state index is 12.7. The van der Waals surface area contributed by atoms with Crippen LogP contribution in [0.15, 0.2) is 35.4 Å². The number of carbonyl (C=O) groups excluding carboxylic acids is 1. The maximum Gasteiger partial charge on any atom is 0.262 e. The van der Waals surface area contributed by atoms with Crippen molar-refractivity contribution in [3.8, 4) is 6.07 Å². The van der Waals surface area contributed by atoms with Crippen molar-refractivity contribution in [2.75, 3.05) is 0 Å². The van der Waals surface area contributed by atoms with Gasteiger partial charge in [0.2, 0.25) is 0 Å². The van der Waals surface area contributed by atoms with Crippen LogP contribution in [0.4, 0.5) is 0 Å². The van der Waals surface area contributed by atoms with Crippen LogP contribution >= 0.6 is 11.3 Å². The summed E-state index contributed by atoms with van der Waals surface area (Å²) < 4.78 is 1.43. The lowest BCUT2D eigenvalue weighted by atomic mass is 10.1. The number of nitrogens with zero attached hydrogens (tertiary/aromatic N) is 3. The second-order valence-corrected chi connectivity index (χ2v) is 6.05. The lowest BCUT2D eigenvalue weighted by Crippen LogP contribution is -2.21. The van der Waals surface area contributed by atoms with Crippen LogP contribution in [-0.4, -0.2) is 15.5 Å². The van der Waals surface area contributed by atoms with Gasteiger partial charge in [-0.05, 0) is 24.1 Å². The number of benzene rings is 1. The van der Waals surface area contributed by atoms with Gasteiger partial charge >= 0.3 is 0 Å². The summed E-state index contributed by atoms with van der Waals surface area (Å²) in [6.45, 7) is 1.93. The molecule has 1 aromatic carbocycles. The molecule has 0 bridgehead atoms. The molecular formula is C16H12N4O2S. The fourth-order valence-corrected chi connectivity index (χ4v) is 3.45. The monoisotopic (exact) mass is 324 g/mol. The van der Waals surface area contributed by atoms with E-state index in [9.17, 15) is 9.59 Å². The smallest absolute Gasteiger partial charge is 0.262 e. The van der Waals surface area contributed by atoms with Crippen molar-refractivity contribution in [2.45, 2.75) is 13.5 Å². The average Bonchev–Trinajstić information content (AvgIpc) is 2.88. The lowest BCUT2D eigenvalue weighted by Gasteiger charge is -2.07. The number of thiophene rings is 1. The second kappa shape index (κ2) is 5.66. The summed E-state index contributed by atoms with van der Waals surface area (Å²) in [6, 6.07) is 9.19. The minimum atomic E-state index is -0.564. The number of hydrogen-bond acceptors (Lipinski definition) is 5. The minimum absolute atomic E-state index is 0.243. The van der Waals surface area contributed by atoms with Crippen LogP contribution in [0.1, 0.15) is 26.4 Å². The zero-order valence-corrected chi connectivity index (χ0v) is 13.1. The van der Waals surface area contributed by atoms with Gasteiger partial charge in [0.15, 0.2) is 0 Å². The fourth-order valence-electron chi connectivity index (χ4n) is 2.46. The van der Waals surface area contributed by atoms with Crippen LogP contribution in [0.5, 0.6) is 0 Å². The first-order valence-corrected chi connectivity index (χ1v) is 7.61. The highest BCUT2D eigenvalue weighted by atomic mass is 32.1. The molecule has 7 heteroatoms. The molecule has 114 valence electrons. The van der Waals surface area contributed by atoms with Crippen molar-refractivity contribution in [1.29, 1.82) is 5.26 Å². The van der Waals surface area contributed by atoms with Gasteiger partial charge in [-0.25, -0.2) is 4.98 Å². The van der Waals surface area contributed by atoms with Crippen LogP contribution in [0.3, 0.4) is 0 Å². The molecule has 0 unspecified atom stereocenters. The molecule has 0 saturated heterocycles. The third kappa shape index (κ3) is 2.49. The van der Waals surface area contributed by atoms with Crippen LogP contribution in [0.2, 0.25) is 0 Å². The summed E-state index contributed by atoms with van der Waals surface area (Å²) >= 11 is 1.12. The van der Waals surface area contributed by atoms with Gasteiger partial charge in [0.25, 0.3) is 11.5 Å². The Bertz CT molecular complexity index is 1030. The highest BCUT2D eigenvalue weighted by Gasteiger charge is 2.17. The van der Waals surface area contributed by atoms with Crippen molar-refractivity contribution in [1.82, 2.24) is 9.55 Å². The number of amides is 1. The molecule has 3 aromatic rings.